The summed E-state index contributed by atoms with van der Waals surface area (Å²) in [6.45, 7) is 15.5. The SMILES string of the molecule is CC1(C)CC(C)(C)NC(C)(N)CC(C)(C)N1. The van der Waals surface area contributed by atoms with Crippen LogP contribution in [0, 0.1) is 0 Å². The zero-order valence-corrected chi connectivity index (χ0v) is 12.0. The molecule has 1 heterocycles. The molecule has 1 saturated heterocycles. The van der Waals surface area contributed by atoms with Gasteiger partial charge in [0, 0.05) is 16.6 Å². The second-order valence-corrected chi connectivity index (χ2v) is 7.67. The molecule has 1 atom stereocenters. The molecule has 16 heavy (non-hydrogen) atoms. The molecule has 96 valence electrons. The van der Waals surface area contributed by atoms with Gasteiger partial charge in [0.25, 0.3) is 0 Å². The van der Waals surface area contributed by atoms with Crippen molar-refractivity contribution in [2.24, 2.45) is 5.73 Å². The van der Waals surface area contributed by atoms with Gasteiger partial charge in [-0.2, -0.15) is 0 Å². The Bertz CT molecular complexity index is 192. The quantitative estimate of drug-likeness (QED) is 0.593. The molecule has 1 rings (SSSR count). The maximum absolute atomic E-state index is 6.34. The minimum absolute atomic E-state index is 0.0521. The fraction of sp³-hybridized carbons (Fsp3) is 1.00. The lowest BCUT2D eigenvalue weighted by Gasteiger charge is -2.50. The Morgan fingerprint density at radius 3 is 1.56 bits per heavy atom. The summed E-state index contributed by atoms with van der Waals surface area (Å²) in [5.41, 5.74) is 6.24. The Labute approximate surface area is 101 Å². The second kappa shape index (κ2) is 3.69. The molecule has 0 aromatic carbocycles. The van der Waals surface area contributed by atoms with E-state index in [0.717, 1.165) is 12.8 Å². The molecule has 3 heteroatoms. The lowest BCUT2D eigenvalue weighted by Crippen LogP contribution is -2.69. The van der Waals surface area contributed by atoms with Gasteiger partial charge in [-0.05, 0) is 61.3 Å². The largest absolute Gasteiger partial charge is 0.313 e. The third-order valence-electron chi connectivity index (χ3n) is 2.99. The number of nitrogens with two attached hydrogens (primary N) is 1. The van der Waals surface area contributed by atoms with Crippen molar-refractivity contribution < 1.29 is 0 Å². The Morgan fingerprint density at radius 1 is 0.688 bits per heavy atom. The highest BCUT2D eigenvalue weighted by molar-refractivity contribution is 5.03. The van der Waals surface area contributed by atoms with Gasteiger partial charge in [0.2, 0.25) is 0 Å². The van der Waals surface area contributed by atoms with Crippen LogP contribution >= 0.6 is 0 Å². The van der Waals surface area contributed by atoms with E-state index in [1.165, 1.54) is 0 Å². The number of nitrogens with one attached hydrogen (secondary N) is 2. The maximum Gasteiger partial charge on any atom is 0.0654 e. The summed E-state index contributed by atoms with van der Waals surface area (Å²) in [7, 11) is 0. The Balaban J connectivity index is 2.98. The normalized spacial score (nSPS) is 37.5. The van der Waals surface area contributed by atoms with Crippen molar-refractivity contribution in [2.75, 3.05) is 0 Å². The summed E-state index contributed by atoms with van der Waals surface area (Å²) >= 11 is 0. The van der Waals surface area contributed by atoms with Crippen molar-refractivity contribution in [1.82, 2.24) is 10.6 Å². The fourth-order valence-corrected chi connectivity index (χ4v) is 3.89. The van der Waals surface area contributed by atoms with Crippen LogP contribution in [0.15, 0.2) is 0 Å². The van der Waals surface area contributed by atoms with Crippen molar-refractivity contribution in [1.29, 1.82) is 0 Å². The molecule has 0 aromatic rings. The van der Waals surface area contributed by atoms with E-state index in [4.69, 9.17) is 5.73 Å². The summed E-state index contributed by atoms with van der Waals surface area (Å²) < 4.78 is 0. The van der Waals surface area contributed by atoms with Gasteiger partial charge in [0.05, 0.1) is 5.66 Å². The smallest absolute Gasteiger partial charge is 0.0654 e. The van der Waals surface area contributed by atoms with Crippen LogP contribution < -0.4 is 16.4 Å². The zero-order chi connectivity index (χ0) is 12.8. The molecule has 1 fully saturated rings. The Kier molecular flexibility index (Phi) is 3.21. The minimum Gasteiger partial charge on any atom is -0.313 e. The van der Waals surface area contributed by atoms with Crippen LogP contribution in [0.1, 0.15) is 61.3 Å². The molecule has 0 saturated carbocycles. The molecule has 4 N–H and O–H groups in total. The van der Waals surface area contributed by atoms with E-state index < -0.39 is 0 Å². The maximum atomic E-state index is 6.34. The molecule has 0 radical (unpaired) electrons. The van der Waals surface area contributed by atoms with Crippen LogP contribution in [0.4, 0.5) is 0 Å². The van der Waals surface area contributed by atoms with Crippen LogP contribution in [0.25, 0.3) is 0 Å². The molecule has 3 nitrogen and oxygen atoms in total. The summed E-state index contributed by atoms with van der Waals surface area (Å²) in [5, 5.41) is 7.31. The van der Waals surface area contributed by atoms with E-state index in [1.54, 1.807) is 0 Å². The molecule has 1 unspecified atom stereocenters. The van der Waals surface area contributed by atoms with Crippen molar-refractivity contribution in [2.45, 2.75) is 83.6 Å². The van der Waals surface area contributed by atoms with Gasteiger partial charge in [-0.25, -0.2) is 0 Å². The molecule has 0 amide bonds. The van der Waals surface area contributed by atoms with Gasteiger partial charge in [-0.3, -0.25) is 5.32 Å². The molecule has 0 aliphatic carbocycles. The average Bonchev–Trinajstić information content (AvgIpc) is 1.67. The van der Waals surface area contributed by atoms with Crippen LogP contribution in [-0.4, -0.2) is 22.3 Å². The standard InChI is InChI=1S/C13H29N3/c1-10(2)8-11(3,4)16-13(7,14)9-12(5,6)15-10/h15-16H,8-9,14H2,1-7H3. The third-order valence-corrected chi connectivity index (χ3v) is 2.99. The summed E-state index contributed by atoms with van der Waals surface area (Å²) in [4.78, 5) is 0. The number of hydrogen-bond donors (Lipinski definition) is 3. The fourth-order valence-electron chi connectivity index (χ4n) is 3.89. The van der Waals surface area contributed by atoms with Crippen LogP contribution in [0.3, 0.4) is 0 Å². The van der Waals surface area contributed by atoms with Crippen molar-refractivity contribution in [3.05, 3.63) is 0 Å². The molecule has 1 aliphatic rings. The first-order valence-corrected chi connectivity index (χ1v) is 6.20. The van der Waals surface area contributed by atoms with Crippen LogP contribution in [0.2, 0.25) is 0 Å². The van der Waals surface area contributed by atoms with Crippen molar-refractivity contribution in [3.63, 3.8) is 0 Å². The topological polar surface area (TPSA) is 50.1 Å². The lowest BCUT2D eigenvalue weighted by molar-refractivity contribution is 0.0977. The first kappa shape index (κ1) is 13.9. The summed E-state index contributed by atoms with van der Waals surface area (Å²) in [6.07, 6.45) is 1.96. The van der Waals surface area contributed by atoms with Gasteiger partial charge >= 0.3 is 0 Å². The van der Waals surface area contributed by atoms with Gasteiger partial charge in [-0.1, -0.05) is 0 Å². The molecule has 1 aliphatic heterocycles. The van der Waals surface area contributed by atoms with E-state index in [2.05, 4.69) is 59.1 Å². The van der Waals surface area contributed by atoms with Gasteiger partial charge < -0.3 is 11.1 Å². The number of hydrogen-bond acceptors (Lipinski definition) is 3. The molecular weight excluding hydrogens is 198 g/mol. The van der Waals surface area contributed by atoms with E-state index in [-0.39, 0.29) is 22.3 Å². The van der Waals surface area contributed by atoms with E-state index in [9.17, 15) is 0 Å². The lowest BCUT2D eigenvalue weighted by atomic mass is 9.79. The van der Waals surface area contributed by atoms with E-state index >= 15 is 0 Å². The highest BCUT2D eigenvalue weighted by atomic mass is 15.2. The zero-order valence-electron chi connectivity index (χ0n) is 12.0. The predicted molar refractivity (Wildman–Crippen MR) is 70.3 cm³/mol. The predicted octanol–water partition coefficient (Wildman–Crippen LogP) is 1.97. The Morgan fingerprint density at radius 2 is 1.06 bits per heavy atom. The summed E-state index contributed by atoms with van der Waals surface area (Å²) in [5.74, 6) is 0. The molecule has 0 bridgehead atoms. The van der Waals surface area contributed by atoms with Crippen molar-refractivity contribution in [3.8, 4) is 0 Å². The van der Waals surface area contributed by atoms with Gasteiger partial charge in [-0.15, -0.1) is 0 Å². The van der Waals surface area contributed by atoms with Gasteiger partial charge in [0.15, 0.2) is 0 Å². The minimum atomic E-state index is -0.323. The average molecular weight is 227 g/mol. The van der Waals surface area contributed by atoms with E-state index in [0.29, 0.717) is 0 Å². The molecular formula is C13H29N3. The molecule has 0 spiro atoms. The van der Waals surface area contributed by atoms with Crippen LogP contribution in [0.5, 0.6) is 0 Å². The Hall–Kier alpha value is -0.120. The first-order valence-electron chi connectivity index (χ1n) is 6.20. The highest BCUT2D eigenvalue weighted by Crippen LogP contribution is 2.30. The first-order chi connectivity index (χ1) is 6.83. The number of rotatable bonds is 0. The third kappa shape index (κ3) is 4.04. The summed E-state index contributed by atoms with van der Waals surface area (Å²) in [6, 6.07) is 0. The van der Waals surface area contributed by atoms with Crippen LogP contribution in [-0.2, 0) is 0 Å². The molecule has 0 aromatic heterocycles. The van der Waals surface area contributed by atoms with Gasteiger partial charge in [0.1, 0.15) is 0 Å². The highest BCUT2D eigenvalue weighted by Gasteiger charge is 2.41. The monoisotopic (exact) mass is 227 g/mol. The second-order valence-electron chi connectivity index (χ2n) is 7.67. The van der Waals surface area contributed by atoms with Crippen molar-refractivity contribution >= 4 is 0 Å². The van der Waals surface area contributed by atoms with E-state index in [1.807, 2.05) is 0 Å².